The third kappa shape index (κ3) is 4.91. The van der Waals surface area contributed by atoms with Crippen LogP contribution in [-0.2, 0) is 4.79 Å². The first-order valence-electron chi connectivity index (χ1n) is 4.97. The molecule has 0 aliphatic heterocycles. The second kappa shape index (κ2) is 6.82. The number of nitrogens with zero attached hydrogens (tertiary/aromatic N) is 2. The molecule has 1 rings (SSSR count). The molecule has 5 nitrogen and oxygen atoms in total. The van der Waals surface area contributed by atoms with E-state index in [0.29, 0.717) is 6.42 Å². The van der Waals surface area contributed by atoms with Crippen molar-refractivity contribution >= 4 is 29.1 Å². The third-order valence-electron chi connectivity index (χ3n) is 1.80. The van der Waals surface area contributed by atoms with Gasteiger partial charge in [0.15, 0.2) is 4.34 Å². The van der Waals surface area contributed by atoms with Crippen LogP contribution in [0.2, 0.25) is 0 Å². The first-order valence-corrected chi connectivity index (χ1v) is 6.84. The van der Waals surface area contributed by atoms with Crippen molar-refractivity contribution in [3.8, 4) is 0 Å². The van der Waals surface area contributed by atoms with Gasteiger partial charge in [0, 0.05) is 11.8 Å². The number of thioether (sulfide) groups is 1. The smallest absolute Gasteiger partial charge is 0.320 e. The fourth-order valence-corrected chi connectivity index (χ4v) is 2.73. The molecule has 0 radical (unpaired) electrons. The number of aliphatic carboxylic acids is 1. The van der Waals surface area contributed by atoms with Gasteiger partial charge in [-0.3, -0.25) is 4.79 Å². The van der Waals surface area contributed by atoms with Gasteiger partial charge in [0.05, 0.1) is 0 Å². The van der Waals surface area contributed by atoms with Crippen molar-refractivity contribution in [1.29, 1.82) is 0 Å². The van der Waals surface area contributed by atoms with Crippen LogP contribution in [0.4, 0.5) is 0 Å². The summed E-state index contributed by atoms with van der Waals surface area (Å²) in [6.45, 7) is 3.88. The summed E-state index contributed by atoms with van der Waals surface area (Å²) in [6.07, 6.45) is 0.581. The number of hydrogen-bond donors (Lipinski definition) is 2. The van der Waals surface area contributed by atoms with Gasteiger partial charge < -0.3 is 10.4 Å². The topological polar surface area (TPSA) is 75.1 Å². The summed E-state index contributed by atoms with van der Waals surface area (Å²) in [5.74, 6) is -0.0714. The molecule has 1 unspecified atom stereocenters. The summed E-state index contributed by atoms with van der Waals surface area (Å²) in [7, 11) is 0. The number of nitrogens with one attached hydrogen (secondary N) is 1. The SMILES string of the molecule is CC(C)NC(CCSc1nncs1)C(=O)O. The minimum absolute atomic E-state index is 0.174. The van der Waals surface area contributed by atoms with Crippen molar-refractivity contribution in [3.05, 3.63) is 5.51 Å². The molecule has 0 aromatic carbocycles. The van der Waals surface area contributed by atoms with E-state index in [1.807, 2.05) is 13.8 Å². The fraction of sp³-hybridized carbons (Fsp3) is 0.667. The van der Waals surface area contributed by atoms with Crippen LogP contribution >= 0.6 is 23.1 Å². The normalized spacial score (nSPS) is 12.9. The van der Waals surface area contributed by atoms with Gasteiger partial charge in [-0.15, -0.1) is 10.2 Å². The van der Waals surface area contributed by atoms with Crippen molar-refractivity contribution in [2.45, 2.75) is 36.7 Å². The Morgan fingerprint density at radius 1 is 1.69 bits per heavy atom. The van der Waals surface area contributed by atoms with E-state index in [-0.39, 0.29) is 6.04 Å². The Hall–Kier alpha value is -0.660. The molecule has 90 valence electrons. The number of aromatic nitrogens is 2. The first-order chi connectivity index (χ1) is 7.59. The number of rotatable bonds is 7. The molecule has 2 N–H and O–H groups in total. The molecular formula is C9H15N3O2S2. The maximum atomic E-state index is 10.9. The van der Waals surface area contributed by atoms with E-state index < -0.39 is 12.0 Å². The Morgan fingerprint density at radius 3 is 2.94 bits per heavy atom. The summed E-state index contributed by atoms with van der Waals surface area (Å²) in [5.41, 5.74) is 1.67. The van der Waals surface area contributed by atoms with Crippen LogP contribution < -0.4 is 5.32 Å². The van der Waals surface area contributed by atoms with Crippen molar-refractivity contribution in [3.63, 3.8) is 0 Å². The van der Waals surface area contributed by atoms with Gasteiger partial charge in [-0.05, 0) is 6.42 Å². The average Bonchev–Trinajstić information content (AvgIpc) is 2.68. The monoisotopic (exact) mass is 261 g/mol. The molecule has 0 bridgehead atoms. The lowest BCUT2D eigenvalue weighted by Crippen LogP contribution is -2.41. The van der Waals surface area contributed by atoms with Gasteiger partial charge >= 0.3 is 5.97 Å². The molecule has 1 aromatic heterocycles. The minimum atomic E-state index is -0.799. The molecule has 0 fully saturated rings. The van der Waals surface area contributed by atoms with Crippen LogP contribution in [0, 0.1) is 0 Å². The van der Waals surface area contributed by atoms with E-state index in [9.17, 15) is 4.79 Å². The Bertz CT molecular complexity index is 317. The molecule has 1 aromatic rings. The molecule has 0 spiro atoms. The van der Waals surface area contributed by atoms with Crippen LogP contribution in [0.1, 0.15) is 20.3 Å². The molecule has 1 atom stereocenters. The van der Waals surface area contributed by atoms with Crippen LogP contribution in [0.5, 0.6) is 0 Å². The van der Waals surface area contributed by atoms with Crippen LogP contribution in [0.15, 0.2) is 9.85 Å². The van der Waals surface area contributed by atoms with E-state index >= 15 is 0 Å². The molecule has 1 heterocycles. The van der Waals surface area contributed by atoms with E-state index in [1.165, 1.54) is 11.3 Å². The average molecular weight is 261 g/mol. The summed E-state index contributed by atoms with van der Waals surface area (Å²) < 4.78 is 0.883. The molecule has 0 amide bonds. The maximum Gasteiger partial charge on any atom is 0.320 e. The summed E-state index contributed by atoms with van der Waals surface area (Å²) in [6, 6.07) is -0.312. The maximum absolute atomic E-state index is 10.9. The van der Waals surface area contributed by atoms with E-state index in [1.54, 1.807) is 17.3 Å². The van der Waals surface area contributed by atoms with Gasteiger partial charge in [0.25, 0.3) is 0 Å². The standard InChI is InChI=1S/C9H15N3O2S2/c1-6(2)11-7(8(13)14)3-4-15-9-12-10-5-16-9/h5-7,11H,3-4H2,1-2H3,(H,13,14). The lowest BCUT2D eigenvalue weighted by atomic mass is 10.2. The quantitative estimate of drug-likeness (QED) is 0.724. The van der Waals surface area contributed by atoms with Crippen molar-refractivity contribution in [1.82, 2.24) is 15.5 Å². The van der Waals surface area contributed by atoms with E-state index in [0.717, 1.165) is 10.1 Å². The van der Waals surface area contributed by atoms with Crippen LogP contribution in [-0.4, -0.2) is 39.1 Å². The van der Waals surface area contributed by atoms with Gasteiger partial charge in [0.1, 0.15) is 11.6 Å². The second-order valence-electron chi connectivity index (χ2n) is 3.55. The minimum Gasteiger partial charge on any atom is -0.480 e. The molecule has 16 heavy (non-hydrogen) atoms. The summed E-state index contributed by atoms with van der Waals surface area (Å²) in [5, 5.41) is 19.6. The Kier molecular flexibility index (Phi) is 5.72. The summed E-state index contributed by atoms with van der Waals surface area (Å²) in [4.78, 5) is 10.9. The van der Waals surface area contributed by atoms with Gasteiger partial charge in [-0.25, -0.2) is 0 Å². The lowest BCUT2D eigenvalue weighted by Gasteiger charge is -2.16. The van der Waals surface area contributed by atoms with E-state index in [2.05, 4.69) is 15.5 Å². The molecule has 0 aliphatic carbocycles. The fourth-order valence-electron chi connectivity index (χ4n) is 1.17. The van der Waals surface area contributed by atoms with Crippen molar-refractivity contribution < 1.29 is 9.90 Å². The number of carboxylic acids is 1. The zero-order valence-electron chi connectivity index (χ0n) is 9.21. The largest absolute Gasteiger partial charge is 0.480 e. The highest BCUT2D eigenvalue weighted by atomic mass is 32.2. The zero-order chi connectivity index (χ0) is 12.0. The molecule has 0 saturated heterocycles. The second-order valence-corrected chi connectivity index (χ2v) is 5.73. The Labute approximate surface area is 103 Å². The Morgan fingerprint density at radius 2 is 2.44 bits per heavy atom. The molecule has 0 aliphatic rings. The molecule has 7 heteroatoms. The van der Waals surface area contributed by atoms with Gasteiger partial charge in [0.2, 0.25) is 0 Å². The third-order valence-corrected chi connectivity index (χ3v) is 3.70. The highest BCUT2D eigenvalue weighted by Crippen LogP contribution is 2.20. The highest BCUT2D eigenvalue weighted by Gasteiger charge is 2.17. The summed E-state index contributed by atoms with van der Waals surface area (Å²) >= 11 is 3.01. The van der Waals surface area contributed by atoms with Gasteiger partial charge in [-0.1, -0.05) is 36.9 Å². The predicted molar refractivity (Wildman–Crippen MR) is 64.9 cm³/mol. The zero-order valence-corrected chi connectivity index (χ0v) is 10.8. The number of carbonyl (C=O) groups is 1. The predicted octanol–water partition coefficient (Wildman–Crippen LogP) is 1.47. The molecular weight excluding hydrogens is 246 g/mol. The van der Waals surface area contributed by atoms with Crippen molar-refractivity contribution in [2.24, 2.45) is 0 Å². The molecule has 0 saturated carbocycles. The number of carboxylic acid groups (broad SMARTS) is 1. The highest BCUT2D eigenvalue weighted by molar-refractivity contribution is 8.00. The van der Waals surface area contributed by atoms with Crippen LogP contribution in [0.25, 0.3) is 0 Å². The first kappa shape index (κ1) is 13.4. The Balaban J connectivity index is 2.30. The van der Waals surface area contributed by atoms with Crippen molar-refractivity contribution in [2.75, 3.05) is 5.75 Å². The van der Waals surface area contributed by atoms with Crippen LogP contribution in [0.3, 0.4) is 0 Å². The van der Waals surface area contributed by atoms with E-state index in [4.69, 9.17) is 5.11 Å². The van der Waals surface area contributed by atoms with Gasteiger partial charge in [-0.2, -0.15) is 0 Å². The number of hydrogen-bond acceptors (Lipinski definition) is 6. The lowest BCUT2D eigenvalue weighted by molar-refractivity contribution is -0.139.